The quantitative estimate of drug-likeness (QED) is 0.823. The maximum Gasteiger partial charge on any atom is 0.0457 e. The van der Waals surface area contributed by atoms with Crippen molar-refractivity contribution in [1.82, 2.24) is 10.3 Å². The molecule has 0 bridgehead atoms. The molecular weight excluding hydrogens is 208 g/mol. The predicted molar refractivity (Wildman–Crippen MR) is 70.8 cm³/mol. The molecule has 2 N–H and O–H groups in total. The molecule has 0 aliphatic heterocycles. The van der Waals surface area contributed by atoms with Crippen LogP contribution in [0.5, 0.6) is 0 Å². The summed E-state index contributed by atoms with van der Waals surface area (Å²) in [6.07, 6.45) is 4.66. The summed E-state index contributed by atoms with van der Waals surface area (Å²) in [7, 11) is 0. The zero-order valence-electron chi connectivity index (χ0n) is 10.2. The predicted octanol–water partition coefficient (Wildman–Crippen LogP) is 3.24. The Hall–Kier alpha value is -1.54. The Bertz CT molecular complexity index is 496. The summed E-state index contributed by atoms with van der Waals surface area (Å²) in [5.74, 6) is 0. The van der Waals surface area contributed by atoms with E-state index >= 15 is 0 Å². The van der Waals surface area contributed by atoms with Crippen LogP contribution in [0.2, 0.25) is 0 Å². The number of hydrogen-bond acceptors (Lipinski definition) is 1. The Morgan fingerprint density at radius 3 is 2.88 bits per heavy atom. The molecule has 0 amide bonds. The molecule has 0 radical (unpaired) electrons. The molecule has 0 atom stereocenters. The topological polar surface area (TPSA) is 27.8 Å². The minimum atomic E-state index is 0.757. The van der Waals surface area contributed by atoms with E-state index in [1.54, 1.807) is 0 Å². The van der Waals surface area contributed by atoms with Crippen LogP contribution in [0.25, 0.3) is 11.3 Å². The number of nitrogens with one attached hydrogen (secondary N) is 2. The third-order valence-electron chi connectivity index (χ3n) is 3.31. The van der Waals surface area contributed by atoms with E-state index in [1.165, 1.54) is 35.2 Å². The minimum Gasteiger partial charge on any atom is -0.361 e. The monoisotopic (exact) mass is 226 g/mol. The second-order valence-electron chi connectivity index (χ2n) is 4.90. The van der Waals surface area contributed by atoms with Crippen molar-refractivity contribution in [3.05, 3.63) is 47.7 Å². The maximum atomic E-state index is 3.58. The van der Waals surface area contributed by atoms with Crippen molar-refractivity contribution in [3.63, 3.8) is 0 Å². The van der Waals surface area contributed by atoms with Gasteiger partial charge >= 0.3 is 0 Å². The Labute approximate surface area is 102 Å². The maximum absolute atomic E-state index is 3.58. The molecule has 2 heteroatoms. The van der Waals surface area contributed by atoms with Crippen molar-refractivity contribution < 1.29 is 0 Å². The van der Waals surface area contributed by atoms with E-state index in [9.17, 15) is 0 Å². The first-order valence-electron chi connectivity index (χ1n) is 6.29. The van der Waals surface area contributed by atoms with Gasteiger partial charge in [-0.25, -0.2) is 0 Å². The van der Waals surface area contributed by atoms with Crippen molar-refractivity contribution in [2.45, 2.75) is 32.4 Å². The summed E-state index contributed by atoms with van der Waals surface area (Å²) >= 11 is 0. The lowest BCUT2D eigenvalue weighted by molar-refractivity contribution is 0.688. The van der Waals surface area contributed by atoms with Gasteiger partial charge < -0.3 is 10.3 Å². The van der Waals surface area contributed by atoms with Crippen LogP contribution in [-0.4, -0.2) is 11.0 Å². The fraction of sp³-hybridized carbons (Fsp3) is 0.333. The lowest BCUT2D eigenvalue weighted by atomic mass is 10.0. The summed E-state index contributed by atoms with van der Waals surface area (Å²) < 4.78 is 0. The molecule has 1 saturated carbocycles. The second kappa shape index (κ2) is 4.38. The molecule has 3 rings (SSSR count). The molecule has 0 unspecified atom stereocenters. The number of aromatic amines is 1. The number of H-pyrrole nitrogens is 1. The minimum absolute atomic E-state index is 0.757. The van der Waals surface area contributed by atoms with E-state index in [0.717, 1.165) is 12.6 Å². The first-order valence-corrected chi connectivity index (χ1v) is 6.29. The Balaban J connectivity index is 1.89. The van der Waals surface area contributed by atoms with E-state index in [-0.39, 0.29) is 0 Å². The molecule has 88 valence electrons. The van der Waals surface area contributed by atoms with E-state index in [0.29, 0.717) is 0 Å². The Kier molecular flexibility index (Phi) is 2.73. The van der Waals surface area contributed by atoms with Crippen molar-refractivity contribution in [1.29, 1.82) is 0 Å². The summed E-state index contributed by atoms with van der Waals surface area (Å²) in [6.45, 7) is 3.11. The van der Waals surface area contributed by atoms with Crippen LogP contribution in [0.3, 0.4) is 0 Å². The highest BCUT2D eigenvalue weighted by Crippen LogP contribution is 2.25. The fourth-order valence-corrected chi connectivity index (χ4v) is 2.13. The van der Waals surface area contributed by atoms with Gasteiger partial charge in [0.05, 0.1) is 0 Å². The lowest BCUT2D eigenvalue weighted by Crippen LogP contribution is -2.15. The van der Waals surface area contributed by atoms with E-state index < -0.39 is 0 Å². The molecule has 2 nitrogen and oxygen atoms in total. The Morgan fingerprint density at radius 2 is 2.18 bits per heavy atom. The molecule has 1 heterocycles. The number of aryl methyl sites for hydroxylation is 1. The summed E-state index contributed by atoms with van der Waals surface area (Å²) in [6, 6.07) is 11.6. The van der Waals surface area contributed by atoms with Gasteiger partial charge in [-0.1, -0.05) is 17.7 Å². The van der Waals surface area contributed by atoms with Gasteiger partial charge in [0.1, 0.15) is 0 Å². The molecule has 17 heavy (non-hydrogen) atoms. The van der Waals surface area contributed by atoms with Crippen LogP contribution in [0.15, 0.2) is 36.5 Å². The highest BCUT2D eigenvalue weighted by atomic mass is 14.9. The van der Waals surface area contributed by atoms with E-state index in [2.05, 4.69) is 47.6 Å². The highest BCUT2D eigenvalue weighted by Gasteiger charge is 2.20. The number of hydrogen-bond donors (Lipinski definition) is 2. The largest absolute Gasteiger partial charge is 0.361 e. The molecule has 1 aromatic heterocycles. The molecule has 0 saturated heterocycles. The highest BCUT2D eigenvalue weighted by molar-refractivity contribution is 5.64. The van der Waals surface area contributed by atoms with Crippen molar-refractivity contribution in [3.8, 4) is 11.3 Å². The van der Waals surface area contributed by atoms with Gasteiger partial charge in [-0.3, -0.25) is 0 Å². The van der Waals surface area contributed by atoms with E-state index in [1.807, 2.05) is 6.20 Å². The first-order chi connectivity index (χ1) is 8.33. The van der Waals surface area contributed by atoms with Gasteiger partial charge in [0.2, 0.25) is 0 Å². The van der Waals surface area contributed by atoms with Crippen LogP contribution in [0, 0.1) is 6.92 Å². The number of aromatic nitrogens is 1. The molecule has 1 aliphatic carbocycles. The second-order valence-corrected chi connectivity index (χ2v) is 4.90. The molecule has 2 aromatic rings. The van der Waals surface area contributed by atoms with Gasteiger partial charge in [-0.05, 0) is 43.5 Å². The third-order valence-corrected chi connectivity index (χ3v) is 3.31. The van der Waals surface area contributed by atoms with Gasteiger partial charge in [0, 0.05) is 30.0 Å². The van der Waals surface area contributed by atoms with Gasteiger partial charge in [-0.2, -0.15) is 0 Å². The molecule has 1 aromatic carbocycles. The zero-order valence-corrected chi connectivity index (χ0v) is 10.2. The normalized spacial score (nSPS) is 15.1. The molecular formula is C15H18N2. The van der Waals surface area contributed by atoms with Gasteiger partial charge in [0.25, 0.3) is 0 Å². The smallest absolute Gasteiger partial charge is 0.0457 e. The summed E-state index contributed by atoms with van der Waals surface area (Å²) in [5, 5.41) is 3.58. The van der Waals surface area contributed by atoms with Crippen molar-refractivity contribution in [2.24, 2.45) is 0 Å². The summed E-state index contributed by atoms with van der Waals surface area (Å²) in [4.78, 5) is 3.30. The van der Waals surface area contributed by atoms with Crippen LogP contribution >= 0.6 is 0 Å². The third kappa shape index (κ3) is 2.42. The van der Waals surface area contributed by atoms with Crippen LogP contribution in [0.4, 0.5) is 0 Å². The number of rotatable bonds is 4. The van der Waals surface area contributed by atoms with Gasteiger partial charge in [0.15, 0.2) is 0 Å². The van der Waals surface area contributed by atoms with Crippen LogP contribution < -0.4 is 5.32 Å². The van der Waals surface area contributed by atoms with Crippen LogP contribution in [0.1, 0.15) is 24.0 Å². The standard InChI is InChI=1S/C15H18N2/c1-11-4-5-12(10-17-13-6-7-13)14(9-11)15-3-2-8-16-15/h2-5,8-9,13,16-17H,6-7,10H2,1H3. The van der Waals surface area contributed by atoms with Crippen molar-refractivity contribution >= 4 is 0 Å². The summed E-state index contributed by atoms with van der Waals surface area (Å²) in [5.41, 5.74) is 5.22. The zero-order chi connectivity index (χ0) is 11.7. The SMILES string of the molecule is Cc1ccc(CNC2CC2)c(-c2ccc[nH]2)c1. The first kappa shape index (κ1) is 10.6. The lowest BCUT2D eigenvalue weighted by Gasteiger charge is -2.10. The average Bonchev–Trinajstić information content (AvgIpc) is 3.00. The Morgan fingerprint density at radius 1 is 1.29 bits per heavy atom. The van der Waals surface area contributed by atoms with Crippen molar-refractivity contribution in [2.75, 3.05) is 0 Å². The van der Waals surface area contributed by atoms with Crippen LogP contribution in [-0.2, 0) is 6.54 Å². The molecule has 0 spiro atoms. The molecule has 1 fully saturated rings. The molecule has 1 aliphatic rings. The fourth-order valence-electron chi connectivity index (χ4n) is 2.13. The van der Waals surface area contributed by atoms with E-state index in [4.69, 9.17) is 0 Å². The number of benzene rings is 1. The van der Waals surface area contributed by atoms with Gasteiger partial charge in [-0.15, -0.1) is 0 Å². The average molecular weight is 226 g/mol.